The molecule has 0 radical (unpaired) electrons. The lowest BCUT2D eigenvalue weighted by Crippen LogP contribution is -2.51. The van der Waals surface area contributed by atoms with Gasteiger partial charge in [-0.1, -0.05) is 20.3 Å². The number of likely N-dealkylation sites (tertiary alicyclic amines) is 1. The van der Waals surface area contributed by atoms with Gasteiger partial charge in [-0.25, -0.2) is 9.78 Å². The third kappa shape index (κ3) is 3.52. The molecular weight excluding hydrogens is 338 g/mol. The monoisotopic (exact) mass is 365 g/mol. The highest BCUT2D eigenvalue weighted by Gasteiger charge is 2.41. The Labute approximate surface area is 153 Å². The molecule has 7 heteroatoms. The number of ether oxygens (including phenoxy) is 1. The van der Waals surface area contributed by atoms with Crippen molar-refractivity contribution < 1.29 is 14.3 Å². The minimum atomic E-state index is -0.191. The van der Waals surface area contributed by atoms with Crippen LogP contribution in [-0.2, 0) is 4.74 Å². The van der Waals surface area contributed by atoms with Crippen molar-refractivity contribution in [1.29, 1.82) is 0 Å². The first-order valence-corrected chi connectivity index (χ1v) is 9.92. The second-order valence-corrected chi connectivity index (χ2v) is 8.31. The largest absolute Gasteiger partial charge is 0.447 e. The van der Waals surface area contributed by atoms with Crippen LogP contribution in [0.3, 0.4) is 0 Å². The standard InChI is InChI=1S/C18H27N3O3S/c1-5-11(2)15-10-24-18(23)21(15)14-6-8-20(9-7-14)17(22)16-12(3)19-13(4)25-16/h11,14-15H,5-10H2,1-4H3/t11-,15-/m0/s1. The number of amides is 2. The Kier molecular flexibility index (Phi) is 5.32. The number of hydrogen-bond acceptors (Lipinski definition) is 5. The van der Waals surface area contributed by atoms with E-state index in [0.29, 0.717) is 25.6 Å². The molecule has 3 heterocycles. The van der Waals surface area contributed by atoms with E-state index in [2.05, 4.69) is 18.8 Å². The fourth-order valence-corrected chi connectivity index (χ4v) is 4.69. The summed E-state index contributed by atoms with van der Waals surface area (Å²) in [6.07, 6.45) is 2.46. The molecule has 0 unspecified atom stereocenters. The molecule has 2 aliphatic heterocycles. The second kappa shape index (κ2) is 7.32. The molecular formula is C18H27N3O3S. The molecule has 1 aromatic heterocycles. The summed E-state index contributed by atoms with van der Waals surface area (Å²) in [5, 5.41) is 0.923. The third-order valence-corrected chi connectivity index (χ3v) is 6.55. The van der Waals surface area contributed by atoms with Crippen LogP contribution in [0.15, 0.2) is 0 Å². The summed E-state index contributed by atoms with van der Waals surface area (Å²) in [5.41, 5.74) is 0.814. The molecule has 2 aliphatic rings. The number of carbonyl (C=O) groups excluding carboxylic acids is 2. The first kappa shape index (κ1) is 18.2. The van der Waals surface area contributed by atoms with Crippen molar-refractivity contribution in [1.82, 2.24) is 14.8 Å². The van der Waals surface area contributed by atoms with E-state index < -0.39 is 0 Å². The van der Waals surface area contributed by atoms with Gasteiger partial charge in [-0.05, 0) is 32.6 Å². The van der Waals surface area contributed by atoms with Gasteiger partial charge in [-0.2, -0.15) is 0 Å². The number of cyclic esters (lactones) is 1. The van der Waals surface area contributed by atoms with Crippen molar-refractivity contribution in [3.8, 4) is 0 Å². The lowest BCUT2D eigenvalue weighted by atomic mass is 9.95. The molecule has 0 saturated carbocycles. The minimum Gasteiger partial charge on any atom is -0.447 e. The van der Waals surface area contributed by atoms with E-state index in [0.717, 1.165) is 34.8 Å². The summed E-state index contributed by atoms with van der Waals surface area (Å²) in [5.74, 6) is 0.498. The average molecular weight is 365 g/mol. The first-order chi connectivity index (χ1) is 11.9. The van der Waals surface area contributed by atoms with Crippen LogP contribution in [0.2, 0.25) is 0 Å². The van der Waals surface area contributed by atoms with Crippen molar-refractivity contribution in [3.05, 3.63) is 15.6 Å². The Hall–Kier alpha value is -1.63. The molecule has 2 fully saturated rings. The van der Waals surface area contributed by atoms with Crippen LogP contribution in [0, 0.1) is 19.8 Å². The van der Waals surface area contributed by atoms with E-state index in [-0.39, 0.29) is 24.1 Å². The fourth-order valence-electron chi connectivity index (χ4n) is 3.80. The summed E-state index contributed by atoms with van der Waals surface area (Å²) >= 11 is 1.46. The summed E-state index contributed by atoms with van der Waals surface area (Å²) in [6, 6.07) is 0.332. The Morgan fingerprint density at radius 1 is 1.36 bits per heavy atom. The predicted octanol–water partition coefficient (Wildman–Crippen LogP) is 3.23. The topological polar surface area (TPSA) is 62.7 Å². The number of nitrogens with zero attached hydrogens (tertiary/aromatic N) is 3. The summed E-state index contributed by atoms with van der Waals surface area (Å²) in [6.45, 7) is 9.98. The molecule has 2 saturated heterocycles. The van der Waals surface area contributed by atoms with E-state index in [9.17, 15) is 9.59 Å². The SMILES string of the molecule is CC[C@H](C)[C@@H]1COC(=O)N1C1CCN(C(=O)c2sc(C)nc2C)CC1. The van der Waals surface area contributed by atoms with Gasteiger partial charge in [-0.3, -0.25) is 9.69 Å². The molecule has 0 N–H and O–H groups in total. The molecule has 0 aromatic carbocycles. The molecule has 138 valence electrons. The molecule has 25 heavy (non-hydrogen) atoms. The summed E-state index contributed by atoms with van der Waals surface area (Å²) < 4.78 is 5.32. The first-order valence-electron chi connectivity index (χ1n) is 9.10. The number of piperidine rings is 1. The smallest absolute Gasteiger partial charge is 0.410 e. The zero-order valence-corrected chi connectivity index (χ0v) is 16.3. The van der Waals surface area contributed by atoms with Crippen molar-refractivity contribution in [3.63, 3.8) is 0 Å². The third-order valence-electron chi connectivity index (χ3n) is 5.49. The average Bonchev–Trinajstić information content (AvgIpc) is 3.15. The van der Waals surface area contributed by atoms with Crippen molar-refractivity contribution >= 4 is 23.3 Å². The lowest BCUT2D eigenvalue weighted by molar-refractivity contribution is 0.0618. The van der Waals surface area contributed by atoms with Crippen molar-refractivity contribution in [2.24, 2.45) is 5.92 Å². The molecule has 0 aliphatic carbocycles. The highest BCUT2D eigenvalue weighted by molar-refractivity contribution is 7.13. The van der Waals surface area contributed by atoms with Crippen LogP contribution in [-0.4, -0.2) is 58.6 Å². The van der Waals surface area contributed by atoms with Crippen LogP contribution in [0.25, 0.3) is 0 Å². The number of carbonyl (C=O) groups is 2. The van der Waals surface area contributed by atoms with Gasteiger partial charge >= 0.3 is 6.09 Å². The van der Waals surface area contributed by atoms with Gasteiger partial charge in [0.2, 0.25) is 0 Å². The number of aryl methyl sites for hydroxylation is 2. The molecule has 0 bridgehead atoms. The molecule has 1 aromatic rings. The second-order valence-electron chi connectivity index (χ2n) is 7.11. The fraction of sp³-hybridized carbons (Fsp3) is 0.722. The summed E-state index contributed by atoms with van der Waals surface area (Å²) in [7, 11) is 0. The van der Waals surface area contributed by atoms with E-state index in [1.54, 1.807) is 0 Å². The number of thiazole rings is 1. The number of aromatic nitrogens is 1. The molecule has 2 amide bonds. The molecule has 0 spiro atoms. The lowest BCUT2D eigenvalue weighted by Gasteiger charge is -2.39. The Balaban J connectivity index is 1.64. The van der Waals surface area contributed by atoms with Crippen LogP contribution >= 0.6 is 11.3 Å². The maximum atomic E-state index is 12.7. The maximum Gasteiger partial charge on any atom is 0.410 e. The Morgan fingerprint density at radius 2 is 2.04 bits per heavy atom. The maximum absolute atomic E-state index is 12.7. The van der Waals surface area contributed by atoms with E-state index in [4.69, 9.17) is 4.74 Å². The van der Waals surface area contributed by atoms with Gasteiger partial charge in [0.25, 0.3) is 5.91 Å². The van der Waals surface area contributed by atoms with Crippen LogP contribution in [0.4, 0.5) is 4.79 Å². The number of rotatable bonds is 4. The minimum absolute atomic E-state index is 0.0732. The normalized spacial score (nSPS) is 23.0. The molecule has 2 atom stereocenters. The number of hydrogen-bond donors (Lipinski definition) is 0. The van der Waals surface area contributed by atoms with Gasteiger partial charge in [0.1, 0.15) is 11.5 Å². The predicted molar refractivity (Wildman–Crippen MR) is 96.9 cm³/mol. The van der Waals surface area contributed by atoms with Gasteiger partial charge < -0.3 is 9.64 Å². The Morgan fingerprint density at radius 3 is 2.60 bits per heavy atom. The quantitative estimate of drug-likeness (QED) is 0.822. The van der Waals surface area contributed by atoms with Crippen LogP contribution in [0.5, 0.6) is 0 Å². The highest BCUT2D eigenvalue weighted by atomic mass is 32.1. The van der Waals surface area contributed by atoms with Crippen LogP contribution < -0.4 is 0 Å². The van der Waals surface area contributed by atoms with Gasteiger partial charge in [0.05, 0.1) is 16.7 Å². The van der Waals surface area contributed by atoms with Gasteiger partial charge in [0, 0.05) is 19.1 Å². The van der Waals surface area contributed by atoms with E-state index in [1.807, 2.05) is 23.6 Å². The Bertz CT molecular complexity index is 652. The molecule has 6 nitrogen and oxygen atoms in total. The van der Waals surface area contributed by atoms with Gasteiger partial charge in [-0.15, -0.1) is 11.3 Å². The van der Waals surface area contributed by atoms with Gasteiger partial charge in [0.15, 0.2) is 0 Å². The highest BCUT2D eigenvalue weighted by Crippen LogP contribution is 2.29. The zero-order chi connectivity index (χ0) is 18.1. The molecule has 3 rings (SSSR count). The van der Waals surface area contributed by atoms with Crippen molar-refractivity contribution in [2.45, 2.75) is 59.0 Å². The van der Waals surface area contributed by atoms with Crippen LogP contribution in [0.1, 0.15) is 53.5 Å². The van der Waals surface area contributed by atoms with E-state index >= 15 is 0 Å². The van der Waals surface area contributed by atoms with Crippen molar-refractivity contribution in [2.75, 3.05) is 19.7 Å². The zero-order valence-electron chi connectivity index (χ0n) is 15.4. The summed E-state index contributed by atoms with van der Waals surface area (Å²) in [4.78, 5) is 33.9. The van der Waals surface area contributed by atoms with E-state index in [1.165, 1.54) is 11.3 Å².